The monoisotopic (exact) mass is 433 g/mol. The van der Waals surface area contributed by atoms with Crippen LogP contribution in [0.1, 0.15) is 6.42 Å². The standard InChI is InChI=1S/C16H17F2N3O5S2/c1-27(23,24)21-12-4-2-11(3-5-12)20-16(22)8-9-19-28(25,26)13-6-7-14(17)15(18)10-13/h2-7,10,19,21H,8-9H2,1H3,(H,20,22). The van der Waals surface area contributed by atoms with Gasteiger partial charge in [-0.25, -0.2) is 30.3 Å². The van der Waals surface area contributed by atoms with Gasteiger partial charge in [0, 0.05) is 24.3 Å². The summed E-state index contributed by atoms with van der Waals surface area (Å²) in [6, 6.07) is 7.98. The summed E-state index contributed by atoms with van der Waals surface area (Å²) in [6.07, 6.45) is 0.788. The van der Waals surface area contributed by atoms with Crippen molar-refractivity contribution in [3.63, 3.8) is 0 Å². The molecule has 1 amide bonds. The average molecular weight is 433 g/mol. The molecule has 2 aromatic carbocycles. The summed E-state index contributed by atoms with van der Waals surface area (Å²) in [4.78, 5) is 11.4. The number of amides is 1. The lowest BCUT2D eigenvalue weighted by molar-refractivity contribution is -0.116. The van der Waals surface area contributed by atoms with Crippen LogP contribution in [-0.4, -0.2) is 35.5 Å². The first-order valence-corrected chi connectivity index (χ1v) is 11.2. The molecule has 0 heterocycles. The lowest BCUT2D eigenvalue weighted by atomic mass is 10.3. The predicted octanol–water partition coefficient (Wildman–Crippen LogP) is 1.64. The molecule has 3 N–H and O–H groups in total. The number of carbonyl (C=O) groups is 1. The fraction of sp³-hybridized carbons (Fsp3) is 0.188. The average Bonchev–Trinajstić information content (AvgIpc) is 2.57. The van der Waals surface area contributed by atoms with Gasteiger partial charge < -0.3 is 5.32 Å². The number of halogens is 2. The molecule has 12 heteroatoms. The Morgan fingerprint density at radius 2 is 1.54 bits per heavy atom. The number of nitrogens with one attached hydrogen (secondary N) is 3. The Kier molecular flexibility index (Phi) is 6.69. The van der Waals surface area contributed by atoms with Crippen LogP contribution in [0.25, 0.3) is 0 Å². The molecule has 0 aliphatic heterocycles. The van der Waals surface area contributed by atoms with Crippen molar-refractivity contribution in [2.24, 2.45) is 0 Å². The maximum atomic E-state index is 13.2. The molecular weight excluding hydrogens is 416 g/mol. The minimum atomic E-state index is -4.09. The van der Waals surface area contributed by atoms with Crippen molar-refractivity contribution < 1.29 is 30.4 Å². The molecule has 0 spiro atoms. The maximum Gasteiger partial charge on any atom is 0.240 e. The molecule has 0 aliphatic rings. The number of hydrogen-bond acceptors (Lipinski definition) is 5. The number of carbonyl (C=O) groups excluding carboxylic acids is 1. The van der Waals surface area contributed by atoms with E-state index >= 15 is 0 Å². The van der Waals surface area contributed by atoms with Gasteiger partial charge in [-0.15, -0.1) is 0 Å². The Hall–Kier alpha value is -2.57. The van der Waals surface area contributed by atoms with Crippen LogP contribution >= 0.6 is 0 Å². The Bertz CT molecular complexity index is 1070. The highest BCUT2D eigenvalue weighted by molar-refractivity contribution is 7.92. The number of hydrogen-bond donors (Lipinski definition) is 3. The molecule has 2 rings (SSSR count). The molecule has 0 unspecified atom stereocenters. The zero-order valence-corrected chi connectivity index (χ0v) is 16.2. The van der Waals surface area contributed by atoms with Gasteiger partial charge in [-0.2, -0.15) is 0 Å². The lowest BCUT2D eigenvalue weighted by Gasteiger charge is -2.09. The largest absolute Gasteiger partial charge is 0.326 e. The molecule has 152 valence electrons. The van der Waals surface area contributed by atoms with Crippen molar-refractivity contribution in [2.45, 2.75) is 11.3 Å². The molecule has 0 fully saturated rings. The first-order chi connectivity index (χ1) is 13.0. The molecule has 0 aromatic heterocycles. The summed E-state index contributed by atoms with van der Waals surface area (Å²) >= 11 is 0. The SMILES string of the molecule is CS(=O)(=O)Nc1ccc(NC(=O)CCNS(=O)(=O)c2ccc(F)c(F)c2)cc1. The summed E-state index contributed by atoms with van der Waals surface area (Å²) < 4.78 is 76.7. The molecule has 0 saturated heterocycles. The van der Waals surface area contributed by atoms with Gasteiger partial charge in [0.05, 0.1) is 11.2 Å². The zero-order valence-electron chi connectivity index (χ0n) is 14.6. The summed E-state index contributed by atoms with van der Waals surface area (Å²) in [5.74, 6) is -2.97. The third-order valence-corrected chi connectivity index (χ3v) is 5.38. The summed E-state index contributed by atoms with van der Waals surface area (Å²) in [6.45, 7) is -0.263. The highest BCUT2D eigenvalue weighted by atomic mass is 32.2. The van der Waals surface area contributed by atoms with Crippen LogP contribution < -0.4 is 14.8 Å². The first kappa shape index (κ1) is 21.7. The van der Waals surface area contributed by atoms with Crippen LogP contribution in [0.5, 0.6) is 0 Å². The van der Waals surface area contributed by atoms with Crippen LogP contribution in [0.15, 0.2) is 47.4 Å². The number of anilines is 2. The van der Waals surface area contributed by atoms with E-state index in [9.17, 15) is 30.4 Å². The van der Waals surface area contributed by atoms with Crippen molar-refractivity contribution in [1.82, 2.24) is 4.72 Å². The van der Waals surface area contributed by atoms with Gasteiger partial charge in [-0.3, -0.25) is 9.52 Å². The van der Waals surface area contributed by atoms with E-state index in [1.807, 2.05) is 0 Å². The van der Waals surface area contributed by atoms with E-state index in [1.54, 1.807) is 0 Å². The normalized spacial score (nSPS) is 11.8. The summed E-state index contributed by atoms with van der Waals surface area (Å²) in [5, 5.41) is 2.51. The van der Waals surface area contributed by atoms with E-state index in [4.69, 9.17) is 0 Å². The molecule has 0 atom stereocenters. The highest BCUT2D eigenvalue weighted by Gasteiger charge is 2.16. The fourth-order valence-corrected chi connectivity index (χ4v) is 3.69. The van der Waals surface area contributed by atoms with Crippen LogP contribution in [-0.2, 0) is 24.8 Å². The molecule has 0 saturated carbocycles. The van der Waals surface area contributed by atoms with Gasteiger partial charge in [0.15, 0.2) is 11.6 Å². The third-order valence-electron chi connectivity index (χ3n) is 3.32. The second-order valence-corrected chi connectivity index (χ2v) is 9.24. The molecule has 2 aromatic rings. The third kappa shape index (κ3) is 6.55. The van der Waals surface area contributed by atoms with Gasteiger partial charge in [0.25, 0.3) is 0 Å². The van der Waals surface area contributed by atoms with Gasteiger partial charge >= 0.3 is 0 Å². The molecular formula is C16H17F2N3O5S2. The van der Waals surface area contributed by atoms with Crippen LogP contribution in [0, 0.1) is 11.6 Å². The van der Waals surface area contributed by atoms with Gasteiger partial charge in [0.1, 0.15) is 0 Å². The van der Waals surface area contributed by atoms with Crippen molar-refractivity contribution in [1.29, 1.82) is 0 Å². The Labute approximate surface area is 161 Å². The number of sulfonamides is 2. The Morgan fingerprint density at radius 3 is 2.11 bits per heavy atom. The van der Waals surface area contributed by atoms with E-state index in [0.717, 1.165) is 12.3 Å². The fourth-order valence-electron chi connectivity index (χ4n) is 2.09. The number of benzene rings is 2. The van der Waals surface area contributed by atoms with E-state index in [0.29, 0.717) is 23.5 Å². The van der Waals surface area contributed by atoms with Gasteiger partial charge in [-0.05, 0) is 42.5 Å². The highest BCUT2D eigenvalue weighted by Crippen LogP contribution is 2.15. The van der Waals surface area contributed by atoms with E-state index in [-0.39, 0.29) is 13.0 Å². The molecule has 28 heavy (non-hydrogen) atoms. The van der Waals surface area contributed by atoms with E-state index < -0.39 is 42.5 Å². The Morgan fingerprint density at radius 1 is 0.929 bits per heavy atom. The van der Waals surface area contributed by atoms with Crippen molar-refractivity contribution in [2.75, 3.05) is 22.8 Å². The van der Waals surface area contributed by atoms with Crippen molar-refractivity contribution in [3.8, 4) is 0 Å². The van der Waals surface area contributed by atoms with Gasteiger partial charge in [-0.1, -0.05) is 0 Å². The molecule has 0 bridgehead atoms. The van der Waals surface area contributed by atoms with Crippen molar-refractivity contribution >= 4 is 37.3 Å². The Balaban J connectivity index is 1.87. The minimum Gasteiger partial charge on any atom is -0.326 e. The molecule has 0 aliphatic carbocycles. The summed E-state index contributed by atoms with van der Waals surface area (Å²) in [5.41, 5.74) is 0.701. The summed E-state index contributed by atoms with van der Waals surface area (Å²) in [7, 11) is -7.51. The van der Waals surface area contributed by atoms with Crippen LogP contribution in [0.4, 0.5) is 20.2 Å². The quantitative estimate of drug-likeness (QED) is 0.584. The van der Waals surface area contributed by atoms with Crippen molar-refractivity contribution in [3.05, 3.63) is 54.1 Å². The molecule has 8 nitrogen and oxygen atoms in total. The lowest BCUT2D eigenvalue weighted by Crippen LogP contribution is -2.28. The second kappa shape index (κ2) is 8.63. The minimum absolute atomic E-state index is 0.216. The predicted molar refractivity (Wildman–Crippen MR) is 99.7 cm³/mol. The molecule has 0 radical (unpaired) electrons. The topological polar surface area (TPSA) is 121 Å². The smallest absolute Gasteiger partial charge is 0.240 e. The van der Waals surface area contributed by atoms with Crippen LogP contribution in [0.3, 0.4) is 0 Å². The van der Waals surface area contributed by atoms with E-state index in [1.165, 1.54) is 24.3 Å². The maximum absolute atomic E-state index is 13.2. The van der Waals surface area contributed by atoms with E-state index in [2.05, 4.69) is 14.8 Å². The van der Waals surface area contributed by atoms with Gasteiger partial charge in [0.2, 0.25) is 26.0 Å². The first-order valence-electron chi connectivity index (χ1n) is 7.79. The van der Waals surface area contributed by atoms with Crippen LogP contribution in [0.2, 0.25) is 0 Å². The number of rotatable bonds is 8. The zero-order chi connectivity index (χ0) is 20.9. The second-order valence-electron chi connectivity index (χ2n) is 5.72.